The number of halogens is 2. The Morgan fingerprint density at radius 2 is 1.71 bits per heavy atom. The Bertz CT molecular complexity index is 2280. The van der Waals surface area contributed by atoms with E-state index in [1.165, 1.54) is 53.4 Å². The van der Waals surface area contributed by atoms with Gasteiger partial charge in [-0.15, -0.1) is 0 Å². The predicted octanol–water partition coefficient (Wildman–Crippen LogP) is 5.88. The summed E-state index contributed by atoms with van der Waals surface area (Å²) >= 11 is 0. The number of pyridine rings is 2. The van der Waals surface area contributed by atoms with Crippen molar-refractivity contribution in [2.24, 2.45) is 7.05 Å². The van der Waals surface area contributed by atoms with Crippen LogP contribution in [0.25, 0.3) is 27.8 Å². The molecule has 0 radical (unpaired) electrons. The number of imidazole rings is 1. The van der Waals surface area contributed by atoms with E-state index in [2.05, 4.69) is 14.9 Å². The van der Waals surface area contributed by atoms with Crippen LogP contribution in [0.5, 0.6) is 23.0 Å². The molecular weight excluding hydrogens is 660 g/mol. The lowest BCUT2D eigenvalue weighted by atomic mass is 10.0. The minimum atomic E-state index is -0.693. The van der Waals surface area contributed by atoms with Crippen molar-refractivity contribution in [1.29, 1.82) is 0 Å². The van der Waals surface area contributed by atoms with Crippen LogP contribution in [0.15, 0.2) is 84.0 Å². The second kappa shape index (κ2) is 14.7. The fraction of sp³-hybridized carbons (Fsp3) is 0.263. The van der Waals surface area contributed by atoms with Crippen molar-refractivity contribution in [2.75, 3.05) is 46.6 Å². The van der Waals surface area contributed by atoms with Crippen LogP contribution in [0.2, 0.25) is 0 Å². The number of morpholine rings is 1. The summed E-state index contributed by atoms with van der Waals surface area (Å²) in [6, 6.07) is 16.2. The largest absolute Gasteiger partial charge is 0.493 e. The molecule has 51 heavy (non-hydrogen) atoms. The Kier molecular flexibility index (Phi) is 9.73. The zero-order chi connectivity index (χ0) is 35.5. The number of aromatic nitrogens is 4. The number of ether oxygens (including phenoxy) is 4. The quantitative estimate of drug-likeness (QED) is 0.115. The fourth-order valence-electron chi connectivity index (χ4n) is 6.18. The molecule has 6 aromatic rings. The van der Waals surface area contributed by atoms with Gasteiger partial charge in [0.05, 0.1) is 50.0 Å². The highest BCUT2D eigenvalue weighted by Crippen LogP contribution is 2.38. The van der Waals surface area contributed by atoms with Crippen molar-refractivity contribution >= 4 is 27.9 Å². The van der Waals surface area contributed by atoms with Crippen molar-refractivity contribution in [3.05, 3.63) is 112 Å². The molecule has 1 aliphatic heterocycles. The molecule has 3 aromatic heterocycles. The number of rotatable bonds is 12. The fourth-order valence-corrected chi connectivity index (χ4v) is 6.18. The number of hydrogen-bond acceptors (Lipinski definition) is 9. The summed E-state index contributed by atoms with van der Waals surface area (Å²) < 4.78 is 55.2. The van der Waals surface area contributed by atoms with Gasteiger partial charge in [-0.2, -0.15) is 0 Å². The molecule has 11 nitrogen and oxygen atoms in total. The minimum Gasteiger partial charge on any atom is -0.493 e. The third-order valence-corrected chi connectivity index (χ3v) is 8.79. The molecule has 0 amide bonds. The first-order valence-electron chi connectivity index (χ1n) is 16.5. The molecule has 3 aromatic carbocycles. The molecule has 7 rings (SSSR count). The van der Waals surface area contributed by atoms with Crippen molar-refractivity contribution in [3.8, 4) is 28.7 Å². The van der Waals surface area contributed by atoms with Crippen molar-refractivity contribution < 1.29 is 32.5 Å². The van der Waals surface area contributed by atoms with Gasteiger partial charge in [0.2, 0.25) is 0 Å². The predicted molar refractivity (Wildman–Crippen MR) is 186 cm³/mol. The summed E-state index contributed by atoms with van der Waals surface area (Å²) in [7, 11) is 3.26. The first-order chi connectivity index (χ1) is 24.8. The lowest BCUT2D eigenvalue weighted by Gasteiger charge is -2.26. The molecular formula is C38H35F2N5O6. The van der Waals surface area contributed by atoms with Gasteiger partial charge in [-0.3, -0.25) is 24.0 Å². The number of aryl methyl sites for hydroxylation is 1. The second-order valence-electron chi connectivity index (χ2n) is 12.2. The molecule has 0 aliphatic carbocycles. The van der Waals surface area contributed by atoms with Gasteiger partial charge in [0, 0.05) is 50.8 Å². The molecule has 0 spiro atoms. The number of methoxy groups -OCH3 is 1. The van der Waals surface area contributed by atoms with Crippen LogP contribution in [-0.2, 0) is 18.2 Å². The van der Waals surface area contributed by atoms with E-state index >= 15 is 4.39 Å². The van der Waals surface area contributed by atoms with Crippen LogP contribution in [-0.4, -0.2) is 76.4 Å². The third kappa shape index (κ3) is 7.16. The maximum Gasteiger partial charge on any atom is 0.267 e. The van der Waals surface area contributed by atoms with E-state index in [1.807, 2.05) is 0 Å². The highest BCUT2D eigenvalue weighted by Gasteiger charge is 2.21. The van der Waals surface area contributed by atoms with E-state index in [1.54, 1.807) is 49.2 Å². The Morgan fingerprint density at radius 3 is 2.47 bits per heavy atom. The molecule has 0 bridgehead atoms. The summed E-state index contributed by atoms with van der Waals surface area (Å²) in [6.45, 7) is 4.73. The van der Waals surface area contributed by atoms with Crippen LogP contribution in [0.4, 0.5) is 8.78 Å². The summed E-state index contributed by atoms with van der Waals surface area (Å²) in [5.41, 5.74) is 1.43. The molecule has 13 heteroatoms. The van der Waals surface area contributed by atoms with Gasteiger partial charge < -0.3 is 23.5 Å². The van der Waals surface area contributed by atoms with Crippen LogP contribution in [0.1, 0.15) is 22.3 Å². The van der Waals surface area contributed by atoms with E-state index in [9.17, 15) is 14.0 Å². The van der Waals surface area contributed by atoms with Crippen molar-refractivity contribution in [1.82, 2.24) is 24.0 Å². The Balaban J connectivity index is 1.08. The number of fused-ring (bicyclic) bond motifs is 2. The lowest BCUT2D eigenvalue weighted by Crippen LogP contribution is -2.37. The van der Waals surface area contributed by atoms with Crippen molar-refractivity contribution in [2.45, 2.75) is 12.8 Å². The number of hydrogen-bond donors (Lipinski definition) is 0. The summed E-state index contributed by atoms with van der Waals surface area (Å²) in [5.74, 6) is -0.354. The molecule has 0 atom stereocenters. The summed E-state index contributed by atoms with van der Waals surface area (Å²) in [5, 5.41) is 0.594. The van der Waals surface area contributed by atoms with Crippen molar-refractivity contribution in [3.63, 3.8) is 0 Å². The number of benzene rings is 3. The van der Waals surface area contributed by atoms with Gasteiger partial charge in [0.1, 0.15) is 22.7 Å². The lowest BCUT2D eigenvalue weighted by molar-refractivity contribution is 0.0357. The Morgan fingerprint density at radius 1 is 0.902 bits per heavy atom. The number of carbonyl (C=O) groups excluding carboxylic acids is 1. The van der Waals surface area contributed by atoms with E-state index in [0.29, 0.717) is 57.2 Å². The normalized spacial score (nSPS) is 13.5. The van der Waals surface area contributed by atoms with Gasteiger partial charge in [0.25, 0.3) is 5.56 Å². The maximum atomic E-state index is 15.5. The average Bonchev–Trinajstić information content (AvgIpc) is 3.51. The summed E-state index contributed by atoms with van der Waals surface area (Å²) in [4.78, 5) is 38.3. The van der Waals surface area contributed by atoms with Gasteiger partial charge in [-0.05, 0) is 66.6 Å². The van der Waals surface area contributed by atoms with Crippen LogP contribution >= 0.6 is 0 Å². The zero-order valence-corrected chi connectivity index (χ0v) is 28.1. The smallest absolute Gasteiger partial charge is 0.267 e. The monoisotopic (exact) mass is 695 g/mol. The van der Waals surface area contributed by atoms with Gasteiger partial charge >= 0.3 is 0 Å². The second-order valence-corrected chi connectivity index (χ2v) is 12.2. The topological polar surface area (TPSA) is 110 Å². The van der Waals surface area contributed by atoms with Crippen LogP contribution in [0.3, 0.4) is 0 Å². The van der Waals surface area contributed by atoms with Gasteiger partial charge in [0.15, 0.2) is 28.8 Å². The third-order valence-electron chi connectivity index (χ3n) is 8.79. The average molecular weight is 696 g/mol. The van der Waals surface area contributed by atoms with Crippen LogP contribution in [0, 0.1) is 11.6 Å². The first kappa shape index (κ1) is 33.8. The zero-order valence-electron chi connectivity index (χ0n) is 28.1. The molecule has 0 unspecified atom stereocenters. The SMILES string of the molecule is COc1cc2c(Oc3ccc(CC(=O)c4cc5ncn(C)c5n(-c5ccc(F)cc5)c4=O)cc3F)ccnc2cc1OCCCN1CCOCC1. The number of Topliss-reactive ketones (excluding diaryl/α,β-unsaturated/α-hetero) is 1. The minimum absolute atomic E-state index is 0.0605. The molecule has 1 aliphatic rings. The molecule has 0 saturated carbocycles. The van der Waals surface area contributed by atoms with Gasteiger partial charge in [-0.25, -0.2) is 13.8 Å². The standard InChI is InChI=1S/C38H35F2N5O6/c1-43-23-42-31-20-28(38(47)45(37(31)43)26-7-5-25(39)6-8-26)32(46)19-24-4-9-34(29(40)18-24)51-33-10-11-41-30-22-36(35(48-2)21-27(30)33)50-15-3-12-44-13-16-49-17-14-44/h4-11,18,20-23H,3,12-17,19H2,1-2H3. The highest BCUT2D eigenvalue weighted by molar-refractivity contribution is 5.99. The molecule has 4 heterocycles. The van der Waals surface area contributed by atoms with E-state index in [4.69, 9.17) is 18.9 Å². The number of nitrogens with zero attached hydrogens (tertiary/aromatic N) is 5. The van der Waals surface area contributed by atoms with E-state index < -0.39 is 23.0 Å². The van der Waals surface area contributed by atoms with E-state index in [-0.39, 0.29) is 17.7 Å². The first-order valence-corrected chi connectivity index (χ1v) is 16.5. The highest BCUT2D eigenvalue weighted by atomic mass is 19.1. The van der Waals surface area contributed by atoms with Gasteiger partial charge in [-0.1, -0.05) is 6.07 Å². The Labute approximate surface area is 291 Å². The number of ketones is 1. The molecule has 0 N–H and O–H groups in total. The van der Waals surface area contributed by atoms with E-state index in [0.717, 1.165) is 39.3 Å². The van der Waals surface area contributed by atoms with Crippen LogP contribution < -0.4 is 19.8 Å². The molecule has 262 valence electrons. The number of carbonyl (C=O) groups is 1. The summed E-state index contributed by atoms with van der Waals surface area (Å²) in [6.07, 6.45) is 3.68. The molecule has 1 fully saturated rings. The maximum absolute atomic E-state index is 15.5. The Hall–Kier alpha value is -5.66. The molecule has 1 saturated heterocycles.